The van der Waals surface area contributed by atoms with Crippen LogP contribution in [-0.2, 0) is 10.8 Å². The van der Waals surface area contributed by atoms with Gasteiger partial charge in [-0.2, -0.15) is 0 Å². The number of hydrogen-bond donors (Lipinski definition) is 0. The van der Waals surface area contributed by atoms with Gasteiger partial charge in [-0.3, -0.25) is 0 Å². The molecule has 0 saturated heterocycles. The number of nitrogens with zero attached hydrogens (tertiary/aromatic N) is 2. The van der Waals surface area contributed by atoms with E-state index >= 15 is 0 Å². The van der Waals surface area contributed by atoms with E-state index in [-0.39, 0.29) is 0 Å². The molecule has 10 aromatic carbocycles. The van der Waals surface area contributed by atoms with Crippen LogP contribution in [0.2, 0.25) is 0 Å². The summed E-state index contributed by atoms with van der Waals surface area (Å²) in [5.41, 5.74) is 22.3. The SMILES string of the molecule is c1ccc2c(c1)-c1ccccc1C21c2ccccc2C2(c3ccccc3-c3c2ccc2c3c3ccccc3n2-c2ccc(-n3c4ccccc4c4ccccc43)cc2)c2ccccc21. The van der Waals surface area contributed by atoms with Gasteiger partial charge < -0.3 is 9.13 Å². The lowest BCUT2D eigenvalue weighted by Gasteiger charge is -2.48. The van der Waals surface area contributed by atoms with E-state index in [2.05, 4.69) is 240 Å². The van der Waals surface area contributed by atoms with Gasteiger partial charge >= 0.3 is 0 Å². The van der Waals surface area contributed by atoms with E-state index in [1.54, 1.807) is 0 Å². The Balaban J connectivity index is 1.01. The molecule has 2 aromatic heterocycles. The monoisotopic (exact) mass is 810 g/mol. The quantitative estimate of drug-likeness (QED) is 0.165. The fourth-order valence-corrected chi connectivity index (χ4v) is 13.0. The van der Waals surface area contributed by atoms with Crippen LogP contribution in [0.1, 0.15) is 44.5 Å². The molecule has 12 aromatic rings. The summed E-state index contributed by atoms with van der Waals surface area (Å²) < 4.78 is 4.88. The van der Waals surface area contributed by atoms with Crippen LogP contribution >= 0.6 is 0 Å². The standard InChI is InChI=1S/C62H38N2/c1-7-23-47-41(17-1)42-18-2-8-24-48(42)61(47)50-26-10-12-28-52(50)62(53-29-13-11-27-51(53)61)49-25-9-3-21-45(49)59-54(62)37-38-58-60(59)46-22-6-16-32-57(46)64(58)40-35-33-39(34-36-40)63-55-30-14-4-19-43(55)44-20-5-15-31-56(44)63/h1-38H. The van der Waals surface area contributed by atoms with Gasteiger partial charge in [-0.25, -0.2) is 0 Å². The molecule has 0 unspecified atom stereocenters. The summed E-state index contributed by atoms with van der Waals surface area (Å²) in [5, 5.41) is 5.11. The molecule has 15 rings (SSSR count). The second kappa shape index (κ2) is 12.2. The molecule has 2 heteroatoms. The van der Waals surface area contributed by atoms with E-state index in [4.69, 9.17) is 0 Å². The maximum Gasteiger partial charge on any atom is 0.0720 e. The normalized spacial score (nSPS) is 14.5. The maximum absolute atomic E-state index is 2.48. The van der Waals surface area contributed by atoms with Gasteiger partial charge in [0, 0.05) is 32.9 Å². The summed E-state index contributed by atoms with van der Waals surface area (Å²) in [6.45, 7) is 0. The number of para-hydroxylation sites is 3. The summed E-state index contributed by atoms with van der Waals surface area (Å²) in [4.78, 5) is 0. The second-order valence-electron chi connectivity index (χ2n) is 17.8. The molecule has 0 aliphatic heterocycles. The van der Waals surface area contributed by atoms with Crippen molar-refractivity contribution in [1.29, 1.82) is 0 Å². The molecule has 0 amide bonds. The molecule has 0 N–H and O–H groups in total. The topological polar surface area (TPSA) is 9.86 Å². The first-order valence-corrected chi connectivity index (χ1v) is 22.4. The average Bonchev–Trinajstić information content (AvgIpc) is 4.07. The van der Waals surface area contributed by atoms with Crippen molar-refractivity contribution in [3.8, 4) is 33.6 Å². The molecule has 0 fully saturated rings. The van der Waals surface area contributed by atoms with Crippen LogP contribution < -0.4 is 0 Å². The van der Waals surface area contributed by atoms with Gasteiger partial charge in [0.15, 0.2) is 0 Å². The van der Waals surface area contributed by atoms with Gasteiger partial charge in [0.2, 0.25) is 0 Å². The molecule has 0 bridgehead atoms. The van der Waals surface area contributed by atoms with Gasteiger partial charge in [-0.1, -0.05) is 182 Å². The molecule has 0 saturated carbocycles. The Bertz CT molecular complexity index is 3820. The predicted octanol–water partition coefficient (Wildman–Crippen LogP) is 14.9. The molecule has 2 spiro atoms. The van der Waals surface area contributed by atoms with Gasteiger partial charge in [0.05, 0.1) is 32.9 Å². The first-order chi connectivity index (χ1) is 31.8. The Morgan fingerprint density at radius 3 is 1.08 bits per heavy atom. The maximum atomic E-state index is 2.48. The summed E-state index contributed by atoms with van der Waals surface area (Å²) in [7, 11) is 0. The van der Waals surface area contributed by atoms with Crippen molar-refractivity contribution in [2.45, 2.75) is 10.8 Å². The lowest BCUT2D eigenvalue weighted by atomic mass is 9.52. The lowest BCUT2D eigenvalue weighted by molar-refractivity contribution is 0.633. The van der Waals surface area contributed by atoms with E-state index in [1.807, 2.05) is 0 Å². The summed E-state index contributed by atoms with van der Waals surface area (Å²) in [6.07, 6.45) is 0. The predicted molar refractivity (Wildman–Crippen MR) is 263 cm³/mol. The third-order valence-electron chi connectivity index (χ3n) is 15.2. The van der Waals surface area contributed by atoms with Crippen LogP contribution in [0.15, 0.2) is 231 Å². The van der Waals surface area contributed by atoms with Crippen LogP contribution in [0.4, 0.5) is 0 Å². The molecule has 0 radical (unpaired) electrons. The Kier molecular flexibility index (Phi) is 6.58. The largest absolute Gasteiger partial charge is 0.309 e. The van der Waals surface area contributed by atoms with Crippen molar-refractivity contribution in [3.63, 3.8) is 0 Å². The number of hydrogen-bond acceptors (Lipinski definition) is 0. The van der Waals surface area contributed by atoms with E-state index in [0.717, 1.165) is 11.4 Å². The second-order valence-corrected chi connectivity index (χ2v) is 17.8. The fraction of sp³-hybridized carbons (Fsp3) is 0.0323. The minimum atomic E-state index is -0.543. The molecular weight excluding hydrogens is 773 g/mol. The Morgan fingerprint density at radius 1 is 0.234 bits per heavy atom. The van der Waals surface area contributed by atoms with Crippen LogP contribution in [0.25, 0.3) is 77.2 Å². The van der Waals surface area contributed by atoms with E-state index < -0.39 is 10.8 Å². The fourth-order valence-electron chi connectivity index (χ4n) is 13.0. The summed E-state index contributed by atoms with van der Waals surface area (Å²) in [6, 6.07) is 86.9. The van der Waals surface area contributed by atoms with Gasteiger partial charge in [0.25, 0.3) is 0 Å². The molecule has 3 aliphatic rings. The Morgan fingerprint density at radius 2 is 0.578 bits per heavy atom. The van der Waals surface area contributed by atoms with Crippen LogP contribution in [-0.4, -0.2) is 9.13 Å². The number of aromatic nitrogens is 2. The average molecular weight is 811 g/mol. The van der Waals surface area contributed by atoms with Crippen molar-refractivity contribution >= 4 is 43.6 Å². The summed E-state index contributed by atoms with van der Waals surface area (Å²) >= 11 is 0. The van der Waals surface area contributed by atoms with Crippen LogP contribution in [0, 0.1) is 0 Å². The van der Waals surface area contributed by atoms with E-state index in [0.29, 0.717) is 0 Å². The third-order valence-corrected chi connectivity index (χ3v) is 15.2. The van der Waals surface area contributed by atoms with Crippen LogP contribution in [0.5, 0.6) is 0 Å². The molecule has 3 aliphatic carbocycles. The Labute approximate surface area is 370 Å². The first kappa shape index (κ1) is 34.4. The minimum Gasteiger partial charge on any atom is -0.309 e. The zero-order chi connectivity index (χ0) is 41.7. The highest BCUT2D eigenvalue weighted by Crippen LogP contribution is 2.68. The first-order valence-electron chi connectivity index (χ1n) is 22.4. The zero-order valence-electron chi connectivity index (χ0n) is 34.8. The molecule has 0 atom stereocenters. The number of benzene rings is 10. The number of fused-ring (bicyclic) bond motifs is 23. The lowest BCUT2D eigenvalue weighted by Crippen LogP contribution is -2.43. The van der Waals surface area contributed by atoms with Crippen molar-refractivity contribution in [2.24, 2.45) is 0 Å². The highest BCUT2D eigenvalue weighted by molar-refractivity contribution is 6.18. The van der Waals surface area contributed by atoms with E-state index in [1.165, 1.54) is 110 Å². The van der Waals surface area contributed by atoms with Gasteiger partial charge in [-0.15, -0.1) is 0 Å². The summed E-state index contributed by atoms with van der Waals surface area (Å²) in [5.74, 6) is 0. The van der Waals surface area contributed by atoms with Crippen molar-refractivity contribution in [1.82, 2.24) is 9.13 Å². The third kappa shape index (κ3) is 3.95. The molecule has 2 nitrogen and oxygen atoms in total. The molecular formula is C62H38N2. The highest BCUT2D eigenvalue weighted by atomic mass is 15.0. The van der Waals surface area contributed by atoms with E-state index in [9.17, 15) is 0 Å². The van der Waals surface area contributed by atoms with Gasteiger partial charge in [-0.05, 0) is 115 Å². The zero-order valence-corrected chi connectivity index (χ0v) is 34.8. The van der Waals surface area contributed by atoms with Crippen molar-refractivity contribution in [3.05, 3.63) is 275 Å². The molecule has 64 heavy (non-hydrogen) atoms. The van der Waals surface area contributed by atoms with Crippen LogP contribution in [0.3, 0.4) is 0 Å². The van der Waals surface area contributed by atoms with Gasteiger partial charge in [0.1, 0.15) is 0 Å². The van der Waals surface area contributed by atoms with Crippen molar-refractivity contribution in [2.75, 3.05) is 0 Å². The smallest absolute Gasteiger partial charge is 0.0720 e. The highest BCUT2D eigenvalue weighted by Gasteiger charge is 2.59. The van der Waals surface area contributed by atoms with Crippen molar-refractivity contribution < 1.29 is 0 Å². The minimum absolute atomic E-state index is 0.463. The number of rotatable bonds is 2. The Hall–Kier alpha value is -8.20. The molecule has 2 heterocycles. The molecule has 296 valence electrons.